The Labute approximate surface area is 133 Å². The van der Waals surface area contributed by atoms with Crippen LogP contribution in [0.5, 0.6) is 0 Å². The van der Waals surface area contributed by atoms with Crippen LogP contribution < -0.4 is 15.9 Å². The molecule has 0 aliphatic rings. The van der Waals surface area contributed by atoms with Gasteiger partial charge in [0.2, 0.25) is 0 Å². The Morgan fingerprint density at radius 1 is 1.10 bits per heavy atom. The van der Waals surface area contributed by atoms with Crippen LogP contribution >= 0.6 is 23.2 Å². The summed E-state index contributed by atoms with van der Waals surface area (Å²) in [5.74, 6) is 0. The summed E-state index contributed by atoms with van der Waals surface area (Å²) in [5.41, 5.74) is 1.11. The lowest BCUT2D eigenvalue weighted by atomic mass is 10.2. The standard InChI is InChI=1S/C14H22BCl2N3/c1-11(3-6-20-15)19-5-2-4-18-10-12-7-13(16)9-14(17)8-12/h7-9,11,18-20H,2-6,10H2,1H3/t11-/m0/s1. The summed E-state index contributed by atoms with van der Waals surface area (Å²) < 4.78 is 0. The Hall–Kier alpha value is -0.255. The lowest BCUT2D eigenvalue weighted by Crippen LogP contribution is -2.31. The number of rotatable bonds is 10. The molecule has 0 aromatic heterocycles. The molecular formula is C14H22BCl2N3. The highest BCUT2D eigenvalue weighted by Gasteiger charge is 2.00. The quantitative estimate of drug-likeness (QED) is 0.459. The molecule has 1 atom stereocenters. The van der Waals surface area contributed by atoms with Crippen molar-refractivity contribution in [2.24, 2.45) is 0 Å². The predicted octanol–water partition coefficient (Wildman–Crippen LogP) is 2.51. The largest absolute Gasteiger partial charge is 0.366 e. The fourth-order valence-electron chi connectivity index (χ4n) is 1.91. The van der Waals surface area contributed by atoms with Crippen molar-refractivity contribution >= 4 is 31.2 Å². The Balaban J connectivity index is 2.07. The lowest BCUT2D eigenvalue weighted by Gasteiger charge is -2.13. The van der Waals surface area contributed by atoms with Crippen LogP contribution in [0.25, 0.3) is 0 Å². The average molecular weight is 314 g/mol. The van der Waals surface area contributed by atoms with Gasteiger partial charge in [0.05, 0.1) is 0 Å². The van der Waals surface area contributed by atoms with Gasteiger partial charge in [0.1, 0.15) is 0 Å². The van der Waals surface area contributed by atoms with Crippen molar-refractivity contribution in [3.63, 3.8) is 0 Å². The number of nitrogens with one attached hydrogen (secondary N) is 3. The average Bonchev–Trinajstić information content (AvgIpc) is 2.39. The molecular weight excluding hydrogens is 292 g/mol. The minimum atomic E-state index is 0.484. The highest BCUT2D eigenvalue weighted by Crippen LogP contribution is 2.18. The smallest absolute Gasteiger partial charge is 0.177 e. The van der Waals surface area contributed by atoms with Crippen molar-refractivity contribution in [1.29, 1.82) is 0 Å². The van der Waals surface area contributed by atoms with Crippen molar-refractivity contribution in [1.82, 2.24) is 15.9 Å². The van der Waals surface area contributed by atoms with E-state index in [1.807, 2.05) is 12.1 Å². The minimum Gasteiger partial charge on any atom is -0.366 e. The normalized spacial score (nSPS) is 12.6. The fourth-order valence-corrected chi connectivity index (χ4v) is 2.48. The Morgan fingerprint density at radius 2 is 1.80 bits per heavy atom. The van der Waals surface area contributed by atoms with Crippen molar-refractivity contribution in [3.05, 3.63) is 33.8 Å². The van der Waals surface area contributed by atoms with E-state index in [9.17, 15) is 0 Å². The zero-order chi connectivity index (χ0) is 14.8. The number of halogens is 2. The first-order valence-electron chi connectivity index (χ1n) is 6.94. The Kier molecular flexibility index (Phi) is 9.31. The molecule has 2 radical (unpaired) electrons. The summed E-state index contributed by atoms with van der Waals surface area (Å²) in [4.78, 5) is 0. The van der Waals surface area contributed by atoms with E-state index in [-0.39, 0.29) is 0 Å². The molecule has 0 unspecified atom stereocenters. The van der Waals surface area contributed by atoms with Crippen molar-refractivity contribution in [2.75, 3.05) is 19.6 Å². The lowest BCUT2D eigenvalue weighted by molar-refractivity contribution is 0.496. The van der Waals surface area contributed by atoms with Crippen LogP contribution in [-0.4, -0.2) is 33.7 Å². The first-order valence-corrected chi connectivity index (χ1v) is 7.70. The summed E-state index contributed by atoms with van der Waals surface area (Å²) in [6, 6.07) is 6.09. The van der Waals surface area contributed by atoms with Gasteiger partial charge in [-0.25, -0.2) is 0 Å². The molecule has 20 heavy (non-hydrogen) atoms. The van der Waals surface area contributed by atoms with Gasteiger partial charge in [0, 0.05) is 22.6 Å². The second-order valence-electron chi connectivity index (χ2n) is 4.91. The van der Waals surface area contributed by atoms with Crippen LogP contribution in [0.3, 0.4) is 0 Å². The maximum Gasteiger partial charge on any atom is 0.177 e. The summed E-state index contributed by atoms with van der Waals surface area (Å²) in [5, 5.41) is 10.9. The monoisotopic (exact) mass is 313 g/mol. The van der Waals surface area contributed by atoms with Gasteiger partial charge in [0.25, 0.3) is 0 Å². The fraction of sp³-hybridized carbons (Fsp3) is 0.571. The first-order chi connectivity index (χ1) is 9.61. The molecule has 3 nitrogen and oxygen atoms in total. The number of hydrogen-bond donors (Lipinski definition) is 3. The third-order valence-corrected chi connectivity index (χ3v) is 3.43. The van der Waals surface area contributed by atoms with Crippen LogP contribution in [0, 0.1) is 0 Å². The predicted molar refractivity (Wildman–Crippen MR) is 88.6 cm³/mol. The van der Waals surface area contributed by atoms with Gasteiger partial charge in [-0.1, -0.05) is 23.2 Å². The molecule has 0 saturated carbocycles. The summed E-state index contributed by atoms with van der Waals surface area (Å²) in [6.45, 7) is 5.74. The molecule has 1 rings (SSSR count). The zero-order valence-corrected chi connectivity index (χ0v) is 13.4. The van der Waals surface area contributed by atoms with Crippen molar-refractivity contribution in [3.8, 4) is 0 Å². The van der Waals surface area contributed by atoms with Gasteiger partial charge in [-0.2, -0.15) is 0 Å². The van der Waals surface area contributed by atoms with Gasteiger partial charge in [-0.15, -0.1) is 0 Å². The molecule has 0 heterocycles. The van der Waals surface area contributed by atoms with Crippen LogP contribution in [0.2, 0.25) is 10.0 Å². The summed E-state index contributed by atoms with van der Waals surface area (Å²) >= 11 is 11.9. The highest BCUT2D eigenvalue weighted by atomic mass is 35.5. The van der Waals surface area contributed by atoms with E-state index in [1.54, 1.807) is 6.07 Å². The second-order valence-corrected chi connectivity index (χ2v) is 5.78. The molecule has 0 bridgehead atoms. The van der Waals surface area contributed by atoms with E-state index in [0.29, 0.717) is 16.1 Å². The highest BCUT2D eigenvalue weighted by molar-refractivity contribution is 6.34. The third-order valence-electron chi connectivity index (χ3n) is 3.00. The third kappa shape index (κ3) is 8.13. The van der Waals surface area contributed by atoms with E-state index in [2.05, 4.69) is 22.8 Å². The maximum atomic E-state index is 5.95. The number of hydrogen-bond acceptors (Lipinski definition) is 3. The minimum absolute atomic E-state index is 0.484. The molecule has 1 aromatic carbocycles. The molecule has 0 spiro atoms. The van der Waals surface area contributed by atoms with Crippen LogP contribution in [0.4, 0.5) is 0 Å². The summed E-state index contributed by atoms with van der Waals surface area (Å²) in [6.07, 6.45) is 2.11. The topological polar surface area (TPSA) is 36.1 Å². The second kappa shape index (κ2) is 10.5. The van der Waals surface area contributed by atoms with E-state index in [4.69, 9.17) is 31.2 Å². The van der Waals surface area contributed by atoms with Crippen LogP contribution in [0.1, 0.15) is 25.3 Å². The molecule has 1 aromatic rings. The van der Waals surface area contributed by atoms with Crippen molar-refractivity contribution < 1.29 is 0 Å². The first kappa shape index (κ1) is 17.8. The van der Waals surface area contributed by atoms with E-state index < -0.39 is 0 Å². The zero-order valence-electron chi connectivity index (χ0n) is 11.9. The van der Waals surface area contributed by atoms with Gasteiger partial charge in [-0.05, 0) is 63.2 Å². The molecule has 6 heteroatoms. The van der Waals surface area contributed by atoms with Crippen LogP contribution in [0.15, 0.2) is 18.2 Å². The Bertz CT molecular complexity index is 370. The van der Waals surface area contributed by atoms with Gasteiger partial charge >= 0.3 is 0 Å². The van der Waals surface area contributed by atoms with E-state index in [1.165, 1.54) is 0 Å². The van der Waals surface area contributed by atoms with Crippen molar-refractivity contribution in [2.45, 2.75) is 32.4 Å². The van der Waals surface area contributed by atoms with Gasteiger partial charge in [-0.3, -0.25) is 0 Å². The number of benzene rings is 1. The van der Waals surface area contributed by atoms with Gasteiger partial charge < -0.3 is 15.9 Å². The van der Waals surface area contributed by atoms with E-state index >= 15 is 0 Å². The molecule has 110 valence electrons. The Morgan fingerprint density at radius 3 is 2.45 bits per heavy atom. The maximum absolute atomic E-state index is 5.95. The van der Waals surface area contributed by atoms with Crippen LogP contribution in [-0.2, 0) is 6.54 Å². The molecule has 0 amide bonds. The molecule has 0 saturated heterocycles. The van der Waals surface area contributed by atoms with Gasteiger partial charge in [0.15, 0.2) is 7.98 Å². The molecule has 3 N–H and O–H groups in total. The van der Waals surface area contributed by atoms with E-state index in [0.717, 1.165) is 44.6 Å². The summed E-state index contributed by atoms with van der Waals surface area (Å²) in [7, 11) is 5.24. The SMILES string of the molecule is [B]NCC[C@H](C)NCCCNCc1cc(Cl)cc(Cl)c1. The molecule has 0 aliphatic carbocycles. The molecule has 0 aliphatic heterocycles. The molecule has 0 fully saturated rings.